The van der Waals surface area contributed by atoms with E-state index in [0.29, 0.717) is 22.7 Å². The van der Waals surface area contributed by atoms with Gasteiger partial charge >= 0.3 is 0 Å². The van der Waals surface area contributed by atoms with E-state index in [9.17, 15) is 9.59 Å². The summed E-state index contributed by atoms with van der Waals surface area (Å²) >= 11 is 0. The zero-order valence-corrected chi connectivity index (χ0v) is 16.5. The molecule has 0 saturated heterocycles. The van der Waals surface area contributed by atoms with Gasteiger partial charge < -0.3 is 10.1 Å². The van der Waals surface area contributed by atoms with Gasteiger partial charge in [0.1, 0.15) is 5.75 Å². The summed E-state index contributed by atoms with van der Waals surface area (Å²) in [6.07, 6.45) is 1.47. The second-order valence-corrected chi connectivity index (χ2v) is 6.33. The van der Waals surface area contributed by atoms with Gasteiger partial charge in [-0.3, -0.25) is 14.3 Å². The molecule has 3 rings (SSSR count). The number of aromatic nitrogens is 2. The van der Waals surface area contributed by atoms with Crippen LogP contribution in [0.5, 0.6) is 5.75 Å². The van der Waals surface area contributed by atoms with Crippen molar-refractivity contribution in [2.24, 2.45) is 12.1 Å². The molecule has 0 radical (unpaired) electrons. The van der Waals surface area contributed by atoms with Crippen LogP contribution in [-0.4, -0.2) is 35.1 Å². The minimum absolute atomic E-state index is 0.0284. The van der Waals surface area contributed by atoms with E-state index in [0.717, 1.165) is 5.69 Å². The standard InChI is InChI=1S/C21H23N5O3/c1-15-18(25(2)26(21(15)28)16-9-5-4-6-10-16)13-23-24-20(27)14-22-17-11-7-8-12-19(17)29-3/h4-13,22H,14H2,1-3H3,(H,24,27)/b23-13-. The third-order valence-corrected chi connectivity index (χ3v) is 4.47. The molecule has 29 heavy (non-hydrogen) atoms. The molecule has 3 aromatic rings. The highest BCUT2D eigenvalue weighted by Crippen LogP contribution is 2.22. The number of carbonyl (C=O) groups excluding carboxylic acids is 1. The van der Waals surface area contributed by atoms with Gasteiger partial charge in [-0.25, -0.2) is 10.1 Å². The molecule has 1 aromatic heterocycles. The third-order valence-electron chi connectivity index (χ3n) is 4.47. The van der Waals surface area contributed by atoms with E-state index in [-0.39, 0.29) is 18.0 Å². The molecule has 0 aliphatic rings. The van der Waals surface area contributed by atoms with Gasteiger partial charge in [0, 0.05) is 12.6 Å². The number of rotatable bonds is 7. The highest BCUT2D eigenvalue weighted by molar-refractivity contribution is 5.84. The zero-order valence-electron chi connectivity index (χ0n) is 16.5. The fraction of sp³-hybridized carbons (Fsp3) is 0.190. The molecule has 1 heterocycles. The van der Waals surface area contributed by atoms with E-state index in [4.69, 9.17) is 4.74 Å². The van der Waals surface area contributed by atoms with E-state index in [2.05, 4.69) is 15.8 Å². The molecule has 0 aliphatic carbocycles. The van der Waals surface area contributed by atoms with Crippen molar-refractivity contribution in [1.29, 1.82) is 0 Å². The fourth-order valence-corrected chi connectivity index (χ4v) is 2.97. The normalized spacial score (nSPS) is 10.9. The third kappa shape index (κ3) is 4.37. The molecular formula is C21H23N5O3. The van der Waals surface area contributed by atoms with E-state index >= 15 is 0 Å². The van der Waals surface area contributed by atoms with Crippen molar-refractivity contribution in [2.75, 3.05) is 19.0 Å². The Morgan fingerprint density at radius 3 is 2.55 bits per heavy atom. The fourth-order valence-electron chi connectivity index (χ4n) is 2.97. The lowest BCUT2D eigenvalue weighted by atomic mass is 10.3. The van der Waals surface area contributed by atoms with Gasteiger partial charge in [-0.05, 0) is 31.2 Å². The molecular weight excluding hydrogens is 370 g/mol. The molecule has 1 amide bonds. The number of methoxy groups -OCH3 is 1. The molecule has 0 bridgehead atoms. The van der Waals surface area contributed by atoms with Crippen LogP contribution in [0.15, 0.2) is 64.5 Å². The lowest BCUT2D eigenvalue weighted by Gasteiger charge is -2.10. The average molecular weight is 393 g/mol. The average Bonchev–Trinajstić information content (AvgIpc) is 2.96. The molecule has 150 valence electrons. The highest BCUT2D eigenvalue weighted by atomic mass is 16.5. The Hall–Kier alpha value is -3.81. The van der Waals surface area contributed by atoms with Crippen LogP contribution in [0.1, 0.15) is 11.3 Å². The summed E-state index contributed by atoms with van der Waals surface area (Å²) in [6, 6.07) is 16.7. The number of hydrazone groups is 1. The van der Waals surface area contributed by atoms with Gasteiger partial charge in [-0.1, -0.05) is 30.3 Å². The van der Waals surface area contributed by atoms with Gasteiger partial charge in [0.2, 0.25) is 0 Å². The smallest absolute Gasteiger partial charge is 0.274 e. The molecule has 2 N–H and O–H groups in total. The number of anilines is 1. The predicted molar refractivity (Wildman–Crippen MR) is 113 cm³/mol. The minimum atomic E-state index is -0.322. The molecule has 0 atom stereocenters. The molecule has 2 aromatic carbocycles. The quantitative estimate of drug-likeness (QED) is 0.475. The Balaban J connectivity index is 1.68. The maximum absolute atomic E-state index is 12.6. The van der Waals surface area contributed by atoms with Crippen LogP contribution in [-0.2, 0) is 11.8 Å². The van der Waals surface area contributed by atoms with Crippen LogP contribution in [0.2, 0.25) is 0 Å². The van der Waals surface area contributed by atoms with E-state index < -0.39 is 0 Å². The first-order valence-electron chi connectivity index (χ1n) is 9.05. The summed E-state index contributed by atoms with van der Waals surface area (Å²) in [6.45, 7) is 1.76. The van der Waals surface area contributed by atoms with E-state index in [1.54, 1.807) is 36.5 Å². The number of para-hydroxylation sites is 3. The summed E-state index contributed by atoms with van der Waals surface area (Å²) in [5, 5.41) is 7.00. The second-order valence-electron chi connectivity index (χ2n) is 6.33. The molecule has 8 nitrogen and oxygen atoms in total. The first-order valence-corrected chi connectivity index (χ1v) is 9.05. The van der Waals surface area contributed by atoms with Crippen molar-refractivity contribution in [3.8, 4) is 11.4 Å². The Bertz CT molecular complexity index is 1080. The van der Waals surface area contributed by atoms with Crippen molar-refractivity contribution in [1.82, 2.24) is 14.8 Å². The van der Waals surface area contributed by atoms with Crippen LogP contribution in [0.3, 0.4) is 0 Å². The maximum atomic E-state index is 12.6. The van der Waals surface area contributed by atoms with Crippen LogP contribution >= 0.6 is 0 Å². The topological polar surface area (TPSA) is 89.7 Å². The molecule has 0 spiro atoms. The summed E-state index contributed by atoms with van der Waals surface area (Å²) in [5.41, 5.74) is 4.95. The summed E-state index contributed by atoms with van der Waals surface area (Å²) in [5.74, 6) is 0.328. The lowest BCUT2D eigenvalue weighted by Crippen LogP contribution is -2.26. The van der Waals surface area contributed by atoms with Crippen LogP contribution in [0.25, 0.3) is 5.69 Å². The number of nitrogens with zero attached hydrogens (tertiary/aromatic N) is 3. The molecule has 0 saturated carbocycles. The van der Waals surface area contributed by atoms with Crippen molar-refractivity contribution >= 4 is 17.8 Å². The van der Waals surface area contributed by atoms with Gasteiger partial charge in [-0.15, -0.1) is 0 Å². The van der Waals surface area contributed by atoms with Gasteiger partial charge in [0.25, 0.3) is 11.5 Å². The van der Waals surface area contributed by atoms with Gasteiger partial charge in [0.15, 0.2) is 0 Å². The summed E-state index contributed by atoms with van der Waals surface area (Å²) in [4.78, 5) is 24.7. The van der Waals surface area contributed by atoms with Gasteiger partial charge in [-0.2, -0.15) is 5.10 Å². The minimum Gasteiger partial charge on any atom is -0.495 e. The number of ether oxygens (including phenoxy) is 1. The van der Waals surface area contributed by atoms with E-state index in [1.807, 2.05) is 48.5 Å². The van der Waals surface area contributed by atoms with Crippen LogP contribution < -0.4 is 21.0 Å². The number of carbonyl (C=O) groups is 1. The molecule has 8 heteroatoms. The van der Waals surface area contributed by atoms with E-state index in [1.165, 1.54) is 6.21 Å². The summed E-state index contributed by atoms with van der Waals surface area (Å²) < 4.78 is 8.50. The first-order chi connectivity index (χ1) is 14.0. The van der Waals surface area contributed by atoms with Crippen molar-refractivity contribution in [3.63, 3.8) is 0 Å². The monoisotopic (exact) mass is 393 g/mol. The van der Waals surface area contributed by atoms with Crippen LogP contribution in [0.4, 0.5) is 5.69 Å². The van der Waals surface area contributed by atoms with Crippen molar-refractivity contribution in [3.05, 3.63) is 76.2 Å². The molecule has 0 unspecified atom stereocenters. The number of nitrogens with one attached hydrogen (secondary N) is 2. The Kier molecular flexibility index (Phi) is 6.13. The first kappa shape index (κ1) is 19.9. The SMILES string of the molecule is COc1ccccc1NCC(=O)N/N=C\c1c(C)c(=O)n(-c2ccccc2)n1C. The Morgan fingerprint density at radius 1 is 1.14 bits per heavy atom. The number of hydrogen-bond donors (Lipinski definition) is 2. The molecule has 0 fully saturated rings. The maximum Gasteiger partial charge on any atom is 0.274 e. The van der Waals surface area contributed by atoms with Crippen molar-refractivity contribution < 1.29 is 9.53 Å². The van der Waals surface area contributed by atoms with Crippen LogP contribution in [0, 0.1) is 6.92 Å². The molecule has 0 aliphatic heterocycles. The number of amides is 1. The number of hydrogen-bond acceptors (Lipinski definition) is 5. The van der Waals surface area contributed by atoms with Gasteiger partial charge in [0.05, 0.1) is 36.9 Å². The van der Waals surface area contributed by atoms with Crippen molar-refractivity contribution in [2.45, 2.75) is 6.92 Å². The predicted octanol–water partition coefficient (Wildman–Crippen LogP) is 2.06. The Morgan fingerprint density at radius 2 is 1.83 bits per heavy atom. The largest absolute Gasteiger partial charge is 0.495 e. The second kappa shape index (κ2) is 8.92. The highest BCUT2D eigenvalue weighted by Gasteiger charge is 2.14. The summed E-state index contributed by atoms with van der Waals surface area (Å²) in [7, 11) is 3.34. The lowest BCUT2D eigenvalue weighted by molar-refractivity contribution is -0.119. The number of benzene rings is 2. The Labute approximate surface area is 168 Å². The zero-order chi connectivity index (χ0) is 20.8.